The highest BCUT2D eigenvalue weighted by molar-refractivity contribution is 6.17. The molecule has 0 radical (unpaired) electrons. The topological polar surface area (TPSA) is 20.2 Å². The molecule has 0 aliphatic heterocycles. The molecule has 0 aliphatic rings. The van der Waals surface area contributed by atoms with Crippen LogP contribution in [0.15, 0.2) is 36.9 Å². The highest BCUT2D eigenvalue weighted by Crippen LogP contribution is 2.35. The number of alkyl halides is 1. The van der Waals surface area contributed by atoms with Crippen molar-refractivity contribution in [3.63, 3.8) is 0 Å². The highest BCUT2D eigenvalue weighted by Gasteiger charge is 2.31. The Morgan fingerprint density at radius 2 is 1.95 bits per heavy atom. The first kappa shape index (κ1) is 17.2. The van der Waals surface area contributed by atoms with Crippen LogP contribution < -0.4 is 0 Å². The molecule has 1 aromatic carbocycles. The summed E-state index contributed by atoms with van der Waals surface area (Å²) in [5.41, 5.74) is 0.115. The third-order valence-corrected chi connectivity index (χ3v) is 3.97. The molecular weight excluding hydrogens is 275 g/mol. The maximum Gasteiger partial charge on any atom is 0.123 e. The molecule has 0 bridgehead atoms. The van der Waals surface area contributed by atoms with Crippen LogP contribution >= 0.6 is 11.6 Å². The summed E-state index contributed by atoms with van der Waals surface area (Å²) >= 11 is 5.69. The first-order valence-electron chi connectivity index (χ1n) is 7.16. The van der Waals surface area contributed by atoms with Crippen LogP contribution in [0.3, 0.4) is 0 Å². The first-order chi connectivity index (χ1) is 9.51. The second-order valence-corrected chi connectivity index (χ2v) is 5.87. The van der Waals surface area contributed by atoms with Crippen LogP contribution in [0.4, 0.5) is 4.39 Å². The van der Waals surface area contributed by atoms with Crippen LogP contribution in [0.1, 0.15) is 50.5 Å². The van der Waals surface area contributed by atoms with Crippen molar-refractivity contribution in [2.45, 2.75) is 50.5 Å². The van der Waals surface area contributed by atoms with Crippen molar-refractivity contribution in [1.29, 1.82) is 0 Å². The van der Waals surface area contributed by atoms with Gasteiger partial charge in [0.25, 0.3) is 0 Å². The molecule has 0 amide bonds. The zero-order valence-electron chi connectivity index (χ0n) is 12.1. The Bertz CT molecular complexity index is 400. The molecule has 1 N–H and O–H groups in total. The zero-order valence-corrected chi connectivity index (χ0v) is 12.9. The summed E-state index contributed by atoms with van der Waals surface area (Å²) in [5, 5.41) is 10.7. The average molecular weight is 299 g/mol. The van der Waals surface area contributed by atoms with Crippen molar-refractivity contribution in [3.8, 4) is 0 Å². The Labute approximate surface area is 126 Å². The molecule has 0 saturated heterocycles. The molecule has 2 atom stereocenters. The second-order valence-electron chi connectivity index (χ2n) is 5.49. The fourth-order valence-electron chi connectivity index (χ4n) is 2.59. The van der Waals surface area contributed by atoms with E-state index in [0.29, 0.717) is 12.3 Å². The van der Waals surface area contributed by atoms with E-state index in [-0.39, 0.29) is 11.7 Å². The van der Waals surface area contributed by atoms with E-state index in [9.17, 15) is 9.50 Å². The summed E-state index contributed by atoms with van der Waals surface area (Å²) in [4.78, 5) is 0. The molecule has 0 spiro atoms. The number of rotatable bonds is 9. The summed E-state index contributed by atoms with van der Waals surface area (Å²) < 4.78 is 13.1. The minimum Gasteiger partial charge on any atom is -0.389 e. The molecule has 0 fully saturated rings. The van der Waals surface area contributed by atoms with Gasteiger partial charge in [-0.05, 0) is 43.9 Å². The van der Waals surface area contributed by atoms with Gasteiger partial charge in [0.1, 0.15) is 5.82 Å². The van der Waals surface area contributed by atoms with Gasteiger partial charge >= 0.3 is 0 Å². The third-order valence-electron chi connectivity index (χ3n) is 3.71. The molecule has 112 valence electrons. The lowest BCUT2D eigenvalue weighted by Gasteiger charge is -2.33. The van der Waals surface area contributed by atoms with Gasteiger partial charge in [-0.2, -0.15) is 0 Å². The summed E-state index contributed by atoms with van der Waals surface area (Å²) in [6.45, 7) is 5.53. The smallest absolute Gasteiger partial charge is 0.123 e. The average Bonchev–Trinajstić information content (AvgIpc) is 2.40. The van der Waals surface area contributed by atoms with E-state index in [0.717, 1.165) is 31.2 Å². The Hall–Kier alpha value is -0.860. The minimum atomic E-state index is -0.861. The first-order valence-corrected chi connectivity index (χ1v) is 7.69. The molecule has 1 nitrogen and oxygen atoms in total. The number of benzene rings is 1. The molecule has 0 unspecified atom stereocenters. The van der Waals surface area contributed by atoms with E-state index in [1.54, 1.807) is 18.2 Å². The second kappa shape index (κ2) is 8.43. The molecule has 1 rings (SSSR count). The van der Waals surface area contributed by atoms with Gasteiger partial charge in [0, 0.05) is 11.8 Å². The van der Waals surface area contributed by atoms with Crippen LogP contribution in [0, 0.1) is 5.82 Å². The van der Waals surface area contributed by atoms with Gasteiger partial charge in [0.05, 0.1) is 5.60 Å². The fraction of sp³-hybridized carbons (Fsp3) is 0.529. The van der Waals surface area contributed by atoms with Crippen LogP contribution in [-0.4, -0.2) is 16.6 Å². The monoisotopic (exact) mass is 298 g/mol. The van der Waals surface area contributed by atoms with Crippen molar-refractivity contribution in [3.05, 3.63) is 48.3 Å². The van der Waals surface area contributed by atoms with E-state index in [2.05, 4.69) is 6.58 Å². The molecule has 0 heterocycles. The van der Waals surface area contributed by atoms with Gasteiger partial charge in [-0.25, -0.2) is 4.39 Å². The quantitative estimate of drug-likeness (QED) is 0.385. The van der Waals surface area contributed by atoms with Crippen molar-refractivity contribution >= 4 is 11.6 Å². The van der Waals surface area contributed by atoms with Crippen LogP contribution in [0.5, 0.6) is 0 Å². The lowest BCUT2D eigenvalue weighted by Crippen LogP contribution is -2.32. The largest absolute Gasteiger partial charge is 0.389 e. The normalized spacial score (nSPS) is 15.6. The molecular formula is C17H24ClFO. The lowest BCUT2D eigenvalue weighted by molar-refractivity contribution is 0.0295. The van der Waals surface area contributed by atoms with E-state index in [1.165, 1.54) is 12.1 Å². The van der Waals surface area contributed by atoms with E-state index in [4.69, 9.17) is 11.6 Å². The highest BCUT2D eigenvalue weighted by atomic mass is 35.5. The molecule has 0 saturated carbocycles. The van der Waals surface area contributed by atoms with E-state index >= 15 is 0 Å². The fourth-order valence-corrected chi connectivity index (χ4v) is 2.77. The lowest BCUT2D eigenvalue weighted by atomic mass is 9.78. The van der Waals surface area contributed by atoms with Crippen LogP contribution in [-0.2, 0) is 0 Å². The summed E-state index contributed by atoms with van der Waals surface area (Å²) in [6.07, 6.45) is 6.15. The van der Waals surface area contributed by atoms with E-state index in [1.807, 2.05) is 6.92 Å². The zero-order chi connectivity index (χ0) is 15.0. The van der Waals surface area contributed by atoms with Gasteiger partial charge in [0.2, 0.25) is 0 Å². The Kier molecular flexibility index (Phi) is 7.25. The summed E-state index contributed by atoms with van der Waals surface area (Å²) in [7, 11) is 0. The van der Waals surface area contributed by atoms with Gasteiger partial charge in [0.15, 0.2) is 0 Å². The maximum absolute atomic E-state index is 13.1. The van der Waals surface area contributed by atoms with Gasteiger partial charge in [-0.15, -0.1) is 18.2 Å². The molecule has 20 heavy (non-hydrogen) atoms. The number of aliphatic hydroxyl groups is 1. The molecule has 1 aromatic rings. The van der Waals surface area contributed by atoms with Crippen LogP contribution in [0.25, 0.3) is 0 Å². The van der Waals surface area contributed by atoms with Crippen molar-refractivity contribution in [1.82, 2.24) is 0 Å². The van der Waals surface area contributed by atoms with Gasteiger partial charge < -0.3 is 5.11 Å². The molecule has 0 aliphatic carbocycles. The molecule has 0 aromatic heterocycles. The van der Waals surface area contributed by atoms with Crippen molar-refractivity contribution in [2.75, 3.05) is 5.88 Å². The molecule has 3 heteroatoms. The van der Waals surface area contributed by atoms with Gasteiger partial charge in [-0.3, -0.25) is 0 Å². The van der Waals surface area contributed by atoms with Crippen LogP contribution in [0.2, 0.25) is 0 Å². The standard InChI is InChI=1S/C17H24ClFO/c1-3-12-17(2,20)16(7-5-4-6-13-18)14-8-10-15(19)11-9-14/h3,8-11,16,20H,1,4-7,12-13H2,2H3/t16-,17-/m0/s1. The van der Waals surface area contributed by atoms with E-state index < -0.39 is 5.60 Å². The third kappa shape index (κ3) is 5.26. The number of hydrogen-bond donors (Lipinski definition) is 1. The Balaban J connectivity index is 2.83. The summed E-state index contributed by atoms with van der Waals surface area (Å²) in [5.74, 6) is 0.402. The van der Waals surface area contributed by atoms with Crippen molar-refractivity contribution < 1.29 is 9.50 Å². The number of halogens is 2. The van der Waals surface area contributed by atoms with Gasteiger partial charge in [-0.1, -0.05) is 31.1 Å². The summed E-state index contributed by atoms with van der Waals surface area (Å²) in [6, 6.07) is 6.42. The number of unbranched alkanes of at least 4 members (excludes halogenated alkanes) is 2. The Morgan fingerprint density at radius 1 is 1.30 bits per heavy atom. The number of hydrogen-bond acceptors (Lipinski definition) is 1. The predicted molar refractivity (Wildman–Crippen MR) is 83.8 cm³/mol. The SMILES string of the molecule is C=CC[C@](C)(O)[C@@H](CCCCCCl)c1ccc(F)cc1. The maximum atomic E-state index is 13.1. The predicted octanol–water partition coefficient (Wildman–Crippen LogP) is 5.04. The Morgan fingerprint density at radius 3 is 2.50 bits per heavy atom. The minimum absolute atomic E-state index is 0.0172. The van der Waals surface area contributed by atoms with Crippen molar-refractivity contribution in [2.24, 2.45) is 0 Å².